The van der Waals surface area contributed by atoms with E-state index >= 15 is 0 Å². The second-order valence-electron chi connectivity index (χ2n) is 1.62. The lowest BCUT2D eigenvalue weighted by molar-refractivity contribution is 1.38. The average molecular weight is 120 g/mol. The van der Waals surface area contributed by atoms with Crippen molar-refractivity contribution in [3.63, 3.8) is 0 Å². The Morgan fingerprint density at radius 1 is 0.857 bits per heavy atom. The fraction of sp³-hybridized carbons (Fsp3) is 1.00. The molecule has 0 saturated heterocycles. The van der Waals surface area contributed by atoms with Crippen LogP contribution < -0.4 is 0 Å². The van der Waals surface area contributed by atoms with Crippen molar-refractivity contribution in [3.8, 4) is 0 Å². The molecular weight excluding hydrogens is 104 g/mol. The van der Waals surface area contributed by atoms with Gasteiger partial charge in [-0.2, -0.15) is 0 Å². The Labute approximate surface area is 49.7 Å². The summed E-state index contributed by atoms with van der Waals surface area (Å²) >= 11 is 0. The molecule has 0 aliphatic carbocycles. The van der Waals surface area contributed by atoms with E-state index in [1.54, 1.807) is 0 Å². The van der Waals surface area contributed by atoms with Gasteiger partial charge < -0.3 is 0 Å². The van der Waals surface area contributed by atoms with Crippen molar-refractivity contribution >= 4 is 10.9 Å². The van der Waals surface area contributed by atoms with E-state index in [0.29, 0.717) is 10.9 Å². The van der Waals surface area contributed by atoms with Gasteiger partial charge in [0.1, 0.15) is 0 Å². The molecule has 0 aromatic rings. The van der Waals surface area contributed by atoms with Gasteiger partial charge in [-0.05, 0) is 17.3 Å². The molecule has 0 aromatic heterocycles. The third-order valence-corrected chi connectivity index (χ3v) is 4.02. The molecule has 0 radical (unpaired) electrons. The summed E-state index contributed by atoms with van der Waals surface area (Å²) in [5.74, 6) is 4.26. The highest BCUT2D eigenvalue weighted by Crippen LogP contribution is 2.21. The predicted molar refractivity (Wildman–Crippen MR) is 40.6 cm³/mol. The highest BCUT2D eigenvalue weighted by Gasteiger charge is 1.89. The highest BCUT2D eigenvalue weighted by atomic mass is 32.2. The summed E-state index contributed by atoms with van der Waals surface area (Å²) < 4.78 is 0. The quantitative estimate of drug-likeness (QED) is 0.541. The van der Waals surface area contributed by atoms with Crippen molar-refractivity contribution in [3.05, 3.63) is 0 Å². The lowest BCUT2D eigenvalue weighted by Gasteiger charge is -2.12. The summed E-state index contributed by atoms with van der Waals surface area (Å²) in [5, 5.41) is 0. The fourth-order valence-electron chi connectivity index (χ4n) is 0.671. The minimum absolute atomic E-state index is 0.446. The standard InChI is InChI=1S/C6H16S/c1-4-7(5-2)6-3/h7H,4-6H2,1-3H3. The van der Waals surface area contributed by atoms with Gasteiger partial charge in [0.05, 0.1) is 0 Å². The van der Waals surface area contributed by atoms with Gasteiger partial charge in [-0.25, -0.2) is 0 Å². The molecule has 0 unspecified atom stereocenters. The predicted octanol–water partition coefficient (Wildman–Crippen LogP) is 2.05. The van der Waals surface area contributed by atoms with Gasteiger partial charge in [-0.3, -0.25) is 10.9 Å². The maximum atomic E-state index is 2.29. The summed E-state index contributed by atoms with van der Waals surface area (Å²) in [7, 11) is 0.446. The molecule has 0 bridgehead atoms. The second-order valence-corrected chi connectivity index (χ2v) is 4.86. The van der Waals surface area contributed by atoms with Crippen molar-refractivity contribution in [2.24, 2.45) is 0 Å². The largest absolute Gasteiger partial charge is 0.254 e. The Bertz CT molecular complexity index is 25.7. The molecule has 0 heterocycles. The molecule has 0 rings (SSSR count). The summed E-state index contributed by atoms with van der Waals surface area (Å²) in [6.45, 7) is 6.87. The van der Waals surface area contributed by atoms with Crippen molar-refractivity contribution in [1.82, 2.24) is 0 Å². The van der Waals surface area contributed by atoms with Gasteiger partial charge in [-0.1, -0.05) is 20.8 Å². The molecule has 0 spiro atoms. The molecule has 0 amide bonds. The Morgan fingerprint density at radius 2 is 1.14 bits per heavy atom. The van der Waals surface area contributed by atoms with Crippen LogP contribution in [0.3, 0.4) is 0 Å². The first-order valence-electron chi connectivity index (χ1n) is 3.07. The lowest BCUT2D eigenvalue weighted by Crippen LogP contribution is -1.88. The van der Waals surface area contributed by atoms with Gasteiger partial charge in [-0.15, -0.1) is 0 Å². The maximum Gasteiger partial charge on any atom is -0.0282 e. The third-order valence-electron chi connectivity index (χ3n) is 1.34. The number of hydrogen-bond acceptors (Lipinski definition) is 0. The first kappa shape index (κ1) is 7.35. The number of rotatable bonds is 3. The van der Waals surface area contributed by atoms with Crippen LogP contribution in [0.25, 0.3) is 0 Å². The van der Waals surface area contributed by atoms with Gasteiger partial charge >= 0.3 is 0 Å². The van der Waals surface area contributed by atoms with Gasteiger partial charge in [0.2, 0.25) is 0 Å². The van der Waals surface area contributed by atoms with Crippen molar-refractivity contribution in [1.29, 1.82) is 0 Å². The first-order chi connectivity index (χ1) is 3.35. The smallest absolute Gasteiger partial charge is 0.0282 e. The first-order valence-corrected chi connectivity index (χ1v) is 4.97. The summed E-state index contributed by atoms with van der Waals surface area (Å²) in [6.07, 6.45) is 0. The molecule has 0 N–H and O–H groups in total. The topological polar surface area (TPSA) is 0 Å². The average Bonchev–Trinajstić information content (AvgIpc) is 1.72. The minimum Gasteiger partial charge on any atom is -0.254 e. The van der Waals surface area contributed by atoms with Crippen molar-refractivity contribution in [2.75, 3.05) is 17.3 Å². The van der Waals surface area contributed by atoms with Gasteiger partial charge in [0.15, 0.2) is 0 Å². The Hall–Kier alpha value is 0.350. The van der Waals surface area contributed by atoms with Crippen LogP contribution in [0.15, 0.2) is 0 Å². The van der Waals surface area contributed by atoms with Gasteiger partial charge in [0, 0.05) is 0 Å². The number of hydrogen-bond donors (Lipinski definition) is 1. The lowest BCUT2D eigenvalue weighted by atomic mass is 10.9. The summed E-state index contributed by atoms with van der Waals surface area (Å²) in [4.78, 5) is 0. The zero-order valence-electron chi connectivity index (χ0n) is 5.57. The highest BCUT2D eigenvalue weighted by molar-refractivity contribution is 8.16. The second kappa shape index (κ2) is 4.51. The van der Waals surface area contributed by atoms with Crippen LogP contribution in [0.2, 0.25) is 0 Å². The molecule has 0 aliphatic rings. The normalized spacial score (nSPS) is 11.6. The van der Waals surface area contributed by atoms with Gasteiger partial charge in [0.25, 0.3) is 0 Å². The Balaban J connectivity index is 2.99. The maximum absolute atomic E-state index is 2.29. The van der Waals surface area contributed by atoms with Crippen LogP contribution in [0.5, 0.6) is 0 Å². The van der Waals surface area contributed by atoms with Crippen LogP contribution in [0.4, 0.5) is 0 Å². The van der Waals surface area contributed by atoms with E-state index in [2.05, 4.69) is 20.8 Å². The molecule has 7 heavy (non-hydrogen) atoms. The minimum atomic E-state index is 0.446. The molecular formula is C6H16S. The van der Waals surface area contributed by atoms with E-state index in [4.69, 9.17) is 0 Å². The molecule has 0 atom stereocenters. The van der Waals surface area contributed by atoms with E-state index in [9.17, 15) is 0 Å². The van der Waals surface area contributed by atoms with E-state index in [1.165, 1.54) is 17.3 Å². The van der Waals surface area contributed by atoms with E-state index < -0.39 is 0 Å². The van der Waals surface area contributed by atoms with E-state index in [1.807, 2.05) is 0 Å². The Morgan fingerprint density at radius 3 is 1.14 bits per heavy atom. The zero-order valence-corrected chi connectivity index (χ0v) is 6.46. The monoisotopic (exact) mass is 120 g/mol. The zero-order chi connectivity index (χ0) is 5.70. The molecule has 0 aliphatic heterocycles. The SMILES string of the molecule is CC[SH](CC)CC. The summed E-state index contributed by atoms with van der Waals surface area (Å²) in [5.41, 5.74) is 0. The molecule has 0 nitrogen and oxygen atoms in total. The number of thiol groups is 1. The van der Waals surface area contributed by atoms with Crippen molar-refractivity contribution in [2.45, 2.75) is 20.8 Å². The van der Waals surface area contributed by atoms with Crippen LogP contribution in [0.1, 0.15) is 20.8 Å². The van der Waals surface area contributed by atoms with Crippen LogP contribution in [0, 0.1) is 0 Å². The van der Waals surface area contributed by atoms with Crippen LogP contribution >= 0.6 is 10.9 Å². The van der Waals surface area contributed by atoms with Crippen molar-refractivity contribution < 1.29 is 0 Å². The molecule has 46 valence electrons. The summed E-state index contributed by atoms with van der Waals surface area (Å²) in [6, 6.07) is 0. The Kier molecular flexibility index (Phi) is 4.73. The molecule has 0 fully saturated rings. The molecule has 0 saturated carbocycles. The van der Waals surface area contributed by atoms with E-state index in [0.717, 1.165) is 0 Å². The van der Waals surface area contributed by atoms with Crippen LogP contribution in [-0.2, 0) is 0 Å². The van der Waals surface area contributed by atoms with E-state index in [-0.39, 0.29) is 0 Å². The third kappa shape index (κ3) is 2.98. The van der Waals surface area contributed by atoms with Crippen LogP contribution in [-0.4, -0.2) is 17.3 Å². The molecule has 0 aromatic carbocycles. The fourth-order valence-corrected chi connectivity index (χ4v) is 2.01. The molecule has 1 heteroatoms.